The molecule has 0 bridgehead atoms. The highest BCUT2D eigenvalue weighted by atomic mass is 127. The molecule has 7 heteroatoms. The summed E-state index contributed by atoms with van der Waals surface area (Å²) in [6.07, 6.45) is 0. The Bertz CT molecular complexity index is 477. The van der Waals surface area contributed by atoms with Gasteiger partial charge in [0.2, 0.25) is 0 Å². The van der Waals surface area contributed by atoms with Crippen molar-refractivity contribution in [2.24, 2.45) is 10.7 Å². The molecule has 0 saturated heterocycles. The smallest absolute Gasteiger partial charge is 0.338 e. The van der Waals surface area contributed by atoms with Crippen LogP contribution in [0.15, 0.2) is 29.3 Å². The van der Waals surface area contributed by atoms with Crippen LogP contribution in [-0.4, -0.2) is 38.3 Å². The molecule has 0 spiro atoms. The van der Waals surface area contributed by atoms with Crippen LogP contribution >= 0.6 is 24.0 Å². The number of nitrogens with two attached hydrogens (primary N) is 1. The Morgan fingerprint density at radius 3 is 2.55 bits per heavy atom. The molecule has 0 aliphatic rings. The summed E-state index contributed by atoms with van der Waals surface area (Å²) in [6.45, 7) is 5.11. The minimum atomic E-state index is -0.317. The summed E-state index contributed by atoms with van der Waals surface area (Å²) < 4.78 is 9.93. The standard InChI is InChI=1S/C15H23N3O3.HI/c1-4-21-14(19)13-7-5-12(6-8-13)9-17-15(16)18-11(2)10-20-3;/h5-8,11H,4,9-10H2,1-3H3,(H3,16,17,18);1H. The lowest BCUT2D eigenvalue weighted by Gasteiger charge is -2.13. The maximum atomic E-state index is 11.5. The number of carbonyl (C=O) groups excluding carboxylic acids is 1. The number of guanidine groups is 1. The molecule has 0 aromatic heterocycles. The number of rotatable bonds is 7. The predicted molar refractivity (Wildman–Crippen MR) is 97.6 cm³/mol. The molecular weight excluding hydrogens is 397 g/mol. The number of methoxy groups -OCH3 is 1. The molecule has 0 saturated carbocycles. The van der Waals surface area contributed by atoms with Crippen molar-refractivity contribution in [1.29, 1.82) is 0 Å². The van der Waals surface area contributed by atoms with Crippen LogP contribution in [0.4, 0.5) is 0 Å². The molecule has 0 aliphatic carbocycles. The van der Waals surface area contributed by atoms with Crippen LogP contribution in [0.5, 0.6) is 0 Å². The number of esters is 1. The van der Waals surface area contributed by atoms with Gasteiger partial charge in [-0.2, -0.15) is 0 Å². The Morgan fingerprint density at radius 2 is 2.00 bits per heavy atom. The van der Waals surface area contributed by atoms with E-state index in [4.69, 9.17) is 15.2 Å². The van der Waals surface area contributed by atoms with Gasteiger partial charge in [0.1, 0.15) is 0 Å². The van der Waals surface area contributed by atoms with Crippen LogP contribution in [0.3, 0.4) is 0 Å². The summed E-state index contributed by atoms with van der Waals surface area (Å²) in [5.74, 6) is 0.0520. The topological polar surface area (TPSA) is 85.9 Å². The number of nitrogens with zero attached hydrogens (tertiary/aromatic N) is 1. The molecule has 6 nitrogen and oxygen atoms in total. The van der Waals surface area contributed by atoms with Crippen molar-refractivity contribution in [3.8, 4) is 0 Å². The Hall–Kier alpha value is -1.35. The molecule has 22 heavy (non-hydrogen) atoms. The van der Waals surface area contributed by atoms with Gasteiger partial charge in [-0.3, -0.25) is 0 Å². The number of aliphatic imine (C=N–C) groups is 1. The third-order valence-electron chi connectivity index (χ3n) is 2.71. The van der Waals surface area contributed by atoms with E-state index >= 15 is 0 Å². The van der Waals surface area contributed by atoms with E-state index in [-0.39, 0.29) is 36.0 Å². The third kappa shape index (κ3) is 7.60. The maximum absolute atomic E-state index is 11.5. The Balaban J connectivity index is 0.00000441. The van der Waals surface area contributed by atoms with E-state index in [1.807, 2.05) is 19.1 Å². The van der Waals surface area contributed by atoms with E-state index in [1.165, 1.54) is 0 Å². The normalized spacial score (nSPS) is 12.2. The van der Waals surface area contributed by atoms with Crippen LogP contribution in [-0.2, 0) is 16.0 Å². The van der Waals surface area contributed by atoms with Crippen LogP contribution in [0.1, 0.15) is 29.8 Å². The fourth-order valence-corrected chi connectivity index (χ4v) is 1.73. The van der Waals surface area contributed by atoms with E-state index in [1.54, 1.807) is 26.2 Å². The minimum absolute atomic E-state index is 0. The highest BCUT2D eigenvalue weighted by Gasteiger charge is 2.05. The molecule has 0 radical (unpaired) electrons. The van der Waals surface area contributed by atoms with Gasteiger partial charge >= 0.3 is 5.97 Å². The lowest BCUT2D eigenvalue weighted by Crippen LogP contribution is -2.40. The summed E-state index contributed by atoms with van der Waals surface area (Å²) in [5.41, 5.74) is 7.28. The van der Waals surface area contributed by atoms with Crippen LogP contribution < -0.4 is 11.1 Å². The molecule has 0 fully saturated rings. The summed E-state index contributed by atoms with van der Waals surface area (Å²) >= 11 is 0. The summed E-state index contributed by atoms with van der Waals surface area (Å²) in [7, 11) is 1.64. The van der Waals surface area contributed by atoms with Crippen molar-refractivity contribution in [1.82, 2.24) is 5.32 Å². The monoisotopic (exact) mass is 421 g/mol. The number of benzene rings is 1. The first-order valence-corrected chi connectivity index (χ1v) is 6.88. The quantitative estimate of drug-likeness (QED) is 0.304. The Labute approximate surface area is 148 Å². The van der Waals surface area contributed by atoms with Crippen molar-refractivity contribution < 1.29 is 14.3 Å². The second kappa shape index (κ2) is 11.2. The van der Waals surface area contributed by atoms with E-state index in [2.05, 4.69) is 10.3 Å². The van der Waals surface area contributed by atoms with Gasteiger partial charge in [-0.25, -0.2) is 9.79 Å². The van der Waals surface area contributed by atoms with Crippen LogP contribution in [0.25, 0.3) is 0 Å². The SMILES string of the molecule is CCOC(=O)c1ccc(CN=C(N)NC(C)COC)cc1.I. The first kappa shape index (κ1) is 20.6. The Morgan fingerprint density at radius 1 is 1.36 bits per heavy atom. The van der Waals surface area contributed by atoms with Gasteiger partial charge in [0, 0.05) is 13.2 Å². The zero-order valence-corrected chi connectivity index (χ0v) is 15.5. The molecule has 1 unspecified atom stereocenters. The number of ether oxygens (including phenoxy) is 2. The zero-order valence-electron chi connectivity index (χ0n) is 13.2. The molecule has 124 valence electrons. The van der Waals surface area contributed by atoms with Gasteiger partial charge in [-0.15, -0.1) is 24.0 Å². The van der Waals surface area contributed by atoms with E-state index < -0.39 is 0 Å². The summed E-state index contributed by atoms with van der Waals surface area (Å²) in [6, 6.07) is 7.22. The second-order valence-corrected chi connectivity index (χ2v) is 4.62. The average Bonchev–Trinajstić information content (AvgIpc) is 2.46. The fraction of sp³-hybridized carbons (Fsp3) is 0.467. The van der Waals surface area contributed by atoms with Crippen LogP contribution in [0, 0.1) is 0 Å². The van der Waals surface area contributed by atoms with E-state index in [0.717, 1.165) is 5.56 Å². The molecule has 1 atom stereocenters. The average molecular weight is 421 g/mol. The molecule has 3 N–H and O–H groups in total. The van der Waals surface area contributed by atoms with Gasteiger partial charge < -0.3 is 20.5 Å². The van der Waals surface area contributed by atoms with Gasteiger partial charge in [0.25, 0.3) is 0 Å². The van der Waals surface area contributed by atoms with Crippen molar-refractivity contribution in [3.63, 3.8) is 0 Å². The molecule has 1 aromatic rings. The molecule has 0 heterocycles. The zero-order chi connectivity index (χ0) is 15.7. The molecular formula is C15H24IN3O3. The lowest BCUT2D eigenvalue weighted by atomic mass is 10.1. The highest BCUT2D eigenvalue weighted by molar-refractivity contribution is 14.0. The number of halogens is 1. The van der Waals surface area contributed by atoms with E-state index in [0.29, 0.717) is 31.3 Å². The van der Waals surface area contributed by atoms with Crippen molar-refractivity contribution in [3.05, 3.63) is 35.4 Å². The predicted octanol–water partition coefficient (Wildman–Crippen LogP) is 1.92. The van der Waals surface area contributed by atoms with Crippen LogP contribution in [0.2, 0.25) is 0 Å². The van der Waals surface area contributed by atoms with Gasteiger partial charge in [-0.05, 0) is 31.5 Å². The number of nitrogens with one attached hydrogen (secondary N) is 1. The molecule has 1 aromatic carbocycles. The Kier molecular flexibility index (Phi) is 10.6. The molecule has 1 rings (SSSR count). The molecule has 0 amide bonds. The van der Waals surface area contributed by atoms with Gasteiger partial charge in [-0.1, -0.05) is 12.1 Å². The third-order valence-corrected chi connectivity index (χ3v) is 2.71. The molecule has 0 aliphatic heterocycles. The minimum Gasteiger partial charge on any atom is -0.462 e. The highest BCUT2D eigenvalue weighted by Crippen LogP contribution is 2.07. The maximum Gasteiger partial charge on any atom is 0.338 e. The summed E-state index contributed by atoms with van der Waals surface area (Å²) in [5, 5.41) is 3.03. The van der Waals surface area contributed by atoms with Crippen molar-refractivity contribution in [2.75, 3.05) is 20.3 Å². The number of carbonyl (C=O) groups is 1. The van der Waals surface area contributed by atoms with Gasteiger partial charge in [0.05, 0.1) is 25.3 Å². The summed E-state index contributed by atoms with van der Waals surface area (Å²) in [4.78, 5) is 15.8. The lowest BCUT2D eigenvalue weighted by molar-refractivity contribution is 0.0526. The van der Waals surface area contributed by atoms with Crippen molar-refractivity contribution >= 4 is 35.9 Å². The number of hydrogen-bond acceptors (Lipinski definition) is 4. The van der Waals surface area contributed by atoms with E-state index in [9.17, 15) is 4.79 Å². The fourth-order valence-electron chi connectivity index (χ4n) is 1.73. The first-order chi connectivity index (χ1) is 10.1. The first-order valence-electron chi connectivity index (χ1n) is 6.88. The largest absolute Gasteiger partial charge is 0.462 e. The van der Waals surface area contributed by atoms with Crippen molar-refractivity contribution in [2.45, 2.75) is 26.4 Å². The second-order valence-electron chi connectivity index (χ2n) is 4.62. The van der Waals surface area contributed by atoms with Gasteiger partial charge in [0.15, 0.2) is 5.96 Å². The number of hydrogen-bond donors (Lipinski definition) is 2.